The molecule has 5 rings (SSSR count). The zero-order valence-corrected chi connectivity index (χ0v) is 20.4. The van der Waals surface area contributed by atoms with Crippen molar-refractivity contribution in [2.75, 3.05) is 40.3 Å². The summed E-state index contributed by atoms with van der Waals surface area (Å²) in [5, 5.41) is 0.675. The lowest BCUT2D eigenvalue weighted by Gasteiger charge is -2.32. The highest BCUT2D eigenvalue weighted by Gasteiger charge is 2.34. The Morgan fingerprint density at radius 3 is 2.35 bits per heavy atom. The van der Waals surface area contributed by atoms with Crippen LogP contribution in [0.3, 0.4) is 0 Å². The van der Waals surface area contributed by atoms with Gasteiger partial charge in [0.25, 0.3) is 5.91 Å². The second-order valence-corrected chi connectivity index (χ2v) is 9.04. The average Bonchev–Trinajstić information content (AvgIpc) is 2.91. The molecule has 37 heavy (non-hydrogen) atoms. The highest BCUT2D eigenvalue weighted by Crippen LogP contribution is 2.39. The van der Waals surface area contributed by atoms with E-state index in [4.69, 9.17) is 4.74 Å². The molecular weight excluding hydrogens is 481 g/mol. The molecule has 0 radical (unpaired) electrons. The number of aromatic nitrogens is 2. The monoisotopic (exact) mass is 506 g/mol. The molecule has 190 valence electrons. The minimum absolute atomic E-state index is 0.0353. The van der Waals surface area contributed by atoms with E-state index in [9.17, 15) is 18.0 Å². The lowest BCUT2D eigenvalue weighted by Crippen LogP contribution is -2.47. The van der Waals surface area contributed by atoms with Crippen molar-refractivity contribution in [3.8, 4) is 28.1 Å². The molecule has 0 saturated carbocycles. The first-order valence-corrected chi connectivity index (χ1v) is 11.8. The number of halogens is 3. The molecule has 9 heteroatoms. The van der Waals surface area contributed by atoms with Crippen LogP contribution in [0.25, 0.3) is 33.3 Å². The van der Waals surface area contributed by atoms with Gasteiger partial charge in [-0.2, -0.15) is 13.2 Å². The number of alkyl halides is 3. The van der Waals surface area contributed by atoms with Gasteiger partial charge in [-0.15, -0.1) is 0 Å². The average molecular weight is 507 g/mol. The van der Waals surface area contributed by atoms with Crippen molar-refractivity contribution in [2.24, 2.45) is 0 Å². The van der Waals surface area contributed by atoms with Gasteiger partial charge < -0.3 is 14.5 Å². The Balaban J connectivity index is 1.54. The van der Waals surface area contributed by atoms with Gasteiger partial charge in [0, 0.05) is 42.7 Å². The number of hydrogen-bond acceptors (Lipinski definition) is 5. The van der Waals surface area contributed by atoms with Gasteiger partial charge in [0.15, 0.2) is 0 Å². The number of piperazine rings is 1. The summed E-state index contributed by atoms with van der Waals surface area (Å²) in [5.74, 6) is -0.269. The Bertz CT molecular complexity index is 1460. The molecule has 1 fully saturated rings. The van der Waals surface area contributed by atoms with Gasteiger partial charge in [-0.05, 0) is 54.6 Å². The number of methoxy groups -OCH3 is 1. The second-order valence-electron chi connectivity index (χ2n) is 9.04. The summed E-state index contributed by atoms with van der Waals surface area (Å²) in [6, 6.07) is 16.5. The fraction of sp³-hybridized carbons (Fsp3) is 0.250. The minimum atomic E-state index is -4.55. The normalized spacial score (nSPS) is 14.7. The standard InChI is InChI=1S/C28H25F3N4O2/c1-34-10-12-35(13-11-34)27(36)21-5-3-4-20(14-21)26-22-15-18(6-8-24(22)32-17-33-26)19-7-9-25(37-2)23(16-19)28(29,30)31/h3-9,14-17H,10-13H2,1-2H3. The Hall–Kier alpha value is -3.98. The molecular formula is C28H25F3N4O2. The summed E-state index contributed by atoms with van der Waals surface area (Å²) < 4.78 is 45.7. The van der Waals surface area contributed by atoms with Crippen LogP contribution in [-0.2, 0) is 6.18 Å². The topological polar surface area (TPSA) is 58.6 Å². The predicted molar refractivity (Wildman–Crippen MR) is 135 cm³/mol. The summed E-state index contributed by atoms with van der Waals surface area (Å²) in [6.45, 7) is 2.99. The molecule has 0 spiro atoms. The van der Waals surface area contributed by atoms with Crippen molar-refractivity contribution in [3.05, 3.63) is 78.1 Å². The maximum atomic E-state index is 13.6. The molecule has 0 N–H and O–H groups in total. The first-order chi connectivity index (χ1) is 17.7. The molecule has 1 aliphatic heterocycles. The number of fused-ring (bicyclic) bond motifs is 1. The molecule has 0 atom stereocenters. The van der Waals surface area contributed by atoms with Gasteiger partial charge in [0.1, 0.15) is 12.1 Å². The minimum Gasteiger partial charge on any atom is -0.496 e. The van der Waals surface area contributed by atoms with Crippen molar-refractivity contribution in [1.82, 2.24) is 19.8 Å². The fourth-order valence-electron chi connectivity index (χ4n) is 4.57. The summed E-state index contributed by atoms with van der Waals surface area (Å²) >= 11 is 0. The molecule has 1 aromatic heterocycles. The largest absolute Gasteiger partial charge is 0.496 e. The summed E-state index contributed by atoms with van der Waals surface area (Å²) in [5.41, 5.74) is 2.68. The van der Waals surface area contributed by atoms with Gasteiger partial charge >= 0.3 is 6.18 Å². The second kappa shape index (κ2) is 9.82. The lowest BCUT2D eigenvalue weighted by molar-refractivity contribution is -0.138. The highest BCUT2D eigenvalue weighted by molar-refractivity contribution is 5.98. The Morgan fingerprint density at radius 1 is 0.892 bits per heavy atom. The molecule has 6 nitrogen and oxygen atoms in total. The van der Waals surface area contributed by atoms with Gasteiger partial charge in [-0.3, -0.25) is 4.79 Å². The zero-order valence-electron chi connectivity index (χ0n) is 20.4. The van der Waals surface area contributed by atoms with E-state index in [0.29, 0.717) is 46.4 Å². The molecule has 1 amide bonds. The van der Waals surface area contributed by atoms with E-state index in [1.54, 1.807) is 30.3 Å². The molecule has 2 heterocycles. The van der Waals surface area contributed by atoms with Crippen LogP contribution < -0.4 is 4.74 Å². The van der Waals surface area contributed by atoms with Crippen LogP contribution in [-0.4, -0.2) is 66.0 Å². The number of carbonyl (C=O) groups is 1. The van der Waals surface area contributed by atoms with E-state index < -0.39 is 11.7 Å². The van der Waals surface area contributed by atoms with Crippen LogP contribution in [0.5, 0.6) is 5.75 Å². The highest BCUT2D eigenvalue weighted by atomic mass is 19.4. The molecule has 4 aromatic rings. The predicted octanol–water partition coefficient (Wildman–Crippen LogP) is 5.38. The SMILES string of the molecule is COc1ccc(-c2ccc3ncnc(-c4cccc(C(=O)N5CCN(C)CC5)c4)c3c2)cc1C(F)(F)F. The number of amides is 1. The number of nitrogens with zero attached hydrogens (tertiary/aromatic N) is 4. The number of hydrogen-bond donors (Lipinski definition) is 0. The molecule has 0 bridgehead atoms. The smallest absolute Gasteiger partial charge is 0.419 e. The molecule has 0 unspecified atom stereocenters. The summed E-state index contributed by atoms with van der Waals surface area (Å²) in [7, 11) is 3.25. The Labute approximate surface area is 212 Å². The zero-order chi connectivity index (χ0) is 26.2. The van der Waals surface area contributed by atoms with E-state index in [1.807, 2.05) is 30.1 Å². The Morgan fingerprint density at radius 2 is 1.62 bits per heavy atom. The van der Waals surface area contributed by atoms with Gasteiger partial charge in [0.05, 0.1) is 23.9 Å². The summed E-state index contributed by atoms with van der Waals surface area (Å²) in [4.78, 5) is 26.0. The van der Waals surface area contributed by atoms with E-state index in [0.717, 1.165) is 24.7 Å². The fourth-order valence-corrected chi connectivity index (χ4v) is 4.57. The maximum Gasteiger partial charge on any atom is 0.419 e. The van der Waals surface area contributed by atoms with Crippen LogP contribution in [0.1, 0.15) is 15.9 Å². The summed E-state index contributed by atoms with van der Waals surface area (Å²) in [6.07, 6.45) is -3.11. The van der Waals surface area contributed by atoms with Crippen LogP contribution in [0.4, 0.5) is 13.2 Å². The maximum absolute atomic E-state index is 13.6. The van der Waals surface area contributed by atoms with E-state index in [-0.39, 0.29) is 11.7 Å². The van der Waals surface area contributed by atoms with Crippen LogP contribution in [0.2, 0.25) is 0 Å². The van der Waals surface area contributed by atoms with E-state index >= 15 is 0 Å². The quantitative estimate of drug-likeness (QED) is 0.372. The number of rotatable bonds is 4. The third-order valence-electron chi connectivity index (χ3n) is 6.65. The lowest BCUT2D eigenvalue weighted by atomic mass is 9.98. The van der Waals surface area contributed by atoms with Crippen molar-refractivity contribution in [3.63, 3.8) is 0 Å². The van der Waals surface area contributed by atoms with Crippen LogP contribution in [0.15, 0.2) is 67.0 Å². The van der Waals surface area contributed by atoms with Gasteiger partial charge in [-0.1, -0.05) is 24.3 Å². The van der Waals surface area contributed by atoms with Crippen molar-refractivity contribution < 1.29 is 22.7 Å². The Kier molecular flexibility index (Phi) is 6.55. The third kappa shape index (κ3) is 4.99. The van der Waals surface area contributed by atoms with Gasteiger partial charge in [0.2, 0.25) is 0 Å². The molecule has 0 aliphatic carbocycles. The first-order valence-electron chi connectivity index (χ1n) is 11.8. The number of ether oxygens (including phenoxy) is 1. The molecule has 1 saturated heterocycles. The number of benzene rings is 3. The molecule has 3 aromatic carbocycles. The van der Waals surface area contributed by atoms with Crippen LogP contribution >= 0.6 is 0 Å². The van der Waals surface area contributed by atoms with Crippen molar-refractivity contribution >= 4 is 16.8 Å². The molecule has 1 aliphatic rings. The number of likely N-dealkylation sites (N-methyl/N-ethyl adjacent to an activating group) is 1. The van der Waals surface area contributed by atoms with Crippen molar-refractivity contribution in [2.45, 2.75) is 6.18 Å². The number of carbonyl (C=O) groups excluding carboxylic acids is 1. The van der Waals surface area contributed by atoms with Gasteiger partial charge in [-0.25, -0.2) is 9.97 Å². The first kappa shape index (κ1) is 24.7. The van der Waals surface area contributed by atoms with E-state index in [2.05, 4.69) is 14.9 Å². The third-order valence-corrected chi connectivity index (χ3v) is 6.65. The van der Waals surface area contributed by atoms with Crippen LogP contribution in [0, 0.1) is 0 Å². The van der Waals surface area contributed by atoms with E-state index in [1.165, 1.54) is 19.5 Å². The van der Waals surface area contributed by atoms with Crippen molar-refractivity contribution in [1.29, 1.82) is 0 Å².